The number of hydrogen-bond donors (Lipinski definition) is 1. The minimum absolute atomic E-state index is 0.176. The monoisotopic (exact) mass is 496 g/mol. The van der Waals surface area contributed by atoms with E-state index in [0.29, 0.717) is 32.7 Å². The van der Waals surface area contributed by atoms with Crippen molar-refractivity contribution >= 4 is 5.91 Å². The van der Waals surface area contributed by atoms with E-state index in [-0.39, 0.29) is 19.1 Å². The molecule has 4 rings (SSSR count). The summed E-state index contributed by atoms with van der Waals surface area (Å²) in [5.74, 6) is 1.86. The lowest BCUT2D eigenvalue weighted by Crippen LogP contribution is -2.48. The van der Waals surface area contributed by atoms with E-state index in [0.717, 1.165) is 67.9 Å². The highest BCUT2D eigenvalue weighted by atomic mass is 16.5. The van der Waals surface area contributed by atoms with E-state index in [2.05, 4.69) is 17.0 Å². The molecule has 2 aliphatic rings. The predicted octanol–water partition coefficient (Wildman–Crippen LogP) is 3.81. The van der Waals surface area contributed by atoms with Crippen LogP contribution in [-0.2, 0) is 16.1 Å². The lowest BCUT2D eigenvalue weighted by atomic mass is 10.1. The largest absolute Gasteiger partial charge is 0.494 e. The first-order chi connectivity index (χ1) is 17.5. The third kappa shape index (κ3) is 8.22. The number of carbonyl (C=O) groups is 1. The van der Waals surface area contributed by atoms with Crippen molar-refractivity contribution in [2.24, 2.45) is 0 Å². The fourth-order valence-electron chi connectivity index (χ4n) is 4.85. The molecular formula is C29H40N2O5. The molecule has 196 valence electrons. The summed E-state index contributed by atoms with van der Waals surface area (Å²) in [5, 5.41) is 11.2. The van der Waals surface area contributed by atoms with E-state index in [1.165, 1.54) is 0 Å². The Morgan fingerprint density at radius 3 is 2.72 bits per heavy atom. The summed E-state index contributed by atoms with van der Waals surface area (Å²) < 4.78 is 17.6. The number of aliphatic hydroxyl groups is 1. The molecule has 0 aromatic heterocycles. The molecule has 36 heavy (non-hydrogen) atoms. The Morgan fingerprint density at radius 2 is 1.86 bits per heavy atom. The highest BCUT2D eigenvalue weighted by Crippen LogP contribution is 2.21. The maximum atomic E-state index is 12.2. The Bertz CT molecular complexity index is 984. The zero-order valence-corrected chi connectivity index (χ0v) is 21.5. The van der Waals surface area contributed by atoms with E-state index in [4.69, 9.17) is 14.2 Å². The Balaban J connectivity index is 1.26. The first-order valence-electron chi connectivity index (χ1n) is 13.2. The molecule has 2 saturated heterocycles. The van der Waals surface area contributed by atoms with Crippen LogP contribution in [0.2, 0.25) is 0 Å². The smallest absolute Gasteiger partial charge is 0.222 e. The Morgan fingerprint density at radius 1 is 1.03 bits per heavy atom. The van der Waals surface area contributed by atoms with Crippen molar-refractivity contribution in [2.45, 2.75) is 51.2 Å². The molecule has 0 radical (unpaired) electrons. The van der Waals surface area contributed by atoms with Gasteiger partial charge in [0.15, 0.2) is 0 Å². The summed E-state index contributed by atoms with van der Waals surface area (Å²) in [6, 6.07) is 16.0. The lowest BCUT2D eigenvalue weighted by Gasteiger charge is -2.30. The molecule has 2 heterocycles. The van der Waals surface area contributed by atoms with Crippen LogP contribution in [0.1, 0.15) is 43.2 Å². The molecule has 0 aliphatic carbocycles. The van der Waals surface area contributed by atoms with Crippen LogP contribution in [0, 0.1) is 6.92 Å². The SMILES string of the molecule is Cc1cccc(OC[C@@]2(O)COCCN(Cc3cccc(OCCCN4CCCCCC4=O)c3)C2)c1. The number of amides is 1. The van der Waals surface area contributed by atoms with Crippen molar-refractivity contribution in [3.63, 3.8) is 0 Å². The number of carbonyl (C=O) groups excluding carboxylic acids is 1. The molecule has 1 amide bonds. The average molecular weight is 497 g/mol. The molecule has 1 atom stereocenters. The minimum atomic E-state index is -1.08. The van der Waals surface area contributed by atoms with E-state index < -0.39 is 5.60 Å². The van der Waals surface area contributed by atoms with Crippen molar-refractivity contribution in [3.8, 4) is 11.5 Å². The van der Waals surface area contributed by atoms with E-state index in [1.54, 1.807) is 0 Å². The molecule has 7 heteroatoms. The highest BCUT2D eigenvalue weighted by Gasteiger charge is 2.33. The maximum absolute atomic E-state index is 12.2. The maximum Gasteiger partial charge on any atom is 0.222 e. The zero-order chi connectivity index (χ0) is 25.2. The van der Waals surface area contributed by atoms with E-state index in [1.807, 2.05) is 48.2 Å². The second kappa shape index (κ2) is 13.1. The van der Waals surface area contributed by atoms with E-state index >= 15 is 0 Å². The quantitative estimate of drug-likeness (QED) is 0.505. The summed E-state index contributed by atoms with van der Waals surface area (Å²) in [6.07, 6.45) is 4.76. The molecule has 1 N–H and O–H groups in total. The summed E-state index contributed by atoms with van der Waals surface area (Å²) >= 11 is 0. The fraction of sp³-hybridized carbons (Fsp3) is 0.552. The second-order valence-corrected chi connectivity index (χ2v) is 10.1. The number of benzene rings is 2. The second-order valence-electron chi connectivity index (χ2n) is 10.1. The zero-order valence-electron chi connectivity index (χ0n) is 21.5. The molecule has 0 saturated carbocycles. The van der Waals surface area contributed by atoms with Gasteiger partial charge in [0.25, 0.3) is 0 Å². The van der Waals surface area contributed by atoms with Gasteiger partial charge in [0.2, 0.25) is 5.91 Å². The molecule has 2 fully saturated rings. The molecule has 0 unspecified atom stereocenters. The molecule has 7 nitrogen and oxygen atoms in total. The first-order valence-corrected chi connectivity index (χ1v) is 13.2. The van der Waals surface area contributed by atoms with Gasteiger partial charge in [-0.25, -0.2) is 0 Å². The summed E-state index contributed by atoms with van der Waals surface area (Å²) in [7, 11) is 0. The van der Waals surface area contributed by atoms with Crippen LogP contribution in [0.15, 0.2) is 48.5 Å². The van der Waals surface area contributed by atoms with Gasteiger partial charge in [-0.3, -0.25) is 9.69 Å². The minimum Gasteiger partial charge on any atom is -0.494 e. The van der Waals surface area contributed by atoms with Crippen LogP contribution in [0.3, 0.4) is 0 Å². The summed E-state index contributed by atoms with van der Waals surface area (Å²) in [4.78, 5) is 16.3. The van der Waals surface area contributed by atoms with Gasteiger partial charge in [0.05, 0.1) is 19.8 Å². The highest BCUT2D eigenvalue weighted by molar-refractivity contribution is 5.76. The molecule has 0 spiro atoms. The van der Waals surface area contributed by atoms with Gasteiger partial charge in [-0.15, -0.1) is 0 Å². The summed E-state index contributed by atoms with van der Waals surface area (Å²) in [5.41, 5.74) is 1.16. The lowest BCUT2D eigenvalue weighted by molar-refractivity contribution is -0.130. The number of likely N-dealkylation sites (tertiary alicyclic amines) is 1. The standard InChI is InChI=1S/C29H40N2O5/c1-24-8-5-10-26(18-24)36-23-29(33)21-30(15-17-34-22-29)20-25-9-6-11-27(19-25)35-16-7-14-31-13-4-2-3-12-28(31)32/h5-6,8-11,18-19,33H,2-4,7,12-17,20-23H2,1H3/t29-/m0/s1. The van der Waals surface area contributed by atoms with Crippen molar-refractivity contribution < 1.29 is 24.1 Å². The number of rotatable bonds is 10. The van der Waals surface area contributed by atoms with Crippen LogP contribution >= 0.6 is 0 Å². The van der Waals surface area contributed by atoms with Gasteiger partial charge in [0, 0.05) is 39.1 Å². The van der Waals surface area contributed by atoms with Gasteiger partial charge in [0.1, 0.15) is 23.7 Å². The van der Waals surface area contributed by atoms with Crippen molar-refractivity contribution in [3.05, 3.63) is 59.7 Å². The normalized spacial score (nSPS) is 21.6. The predicted molar refractivity (Wildman–Crippen MR) is 139 cm³/mol. The fourth-order valence-corrected chi connectivity index (χ4v) is 4.85. The number of ether oxygens (including phenoxy) is 3. The van der Waals surface area contributed by atoms with Gasteiger partial charge in [-0.2, -0.15) is 0 Å². The Hall–Kier alpha value is -2.61. The number of hydrogen-bond acceptors (Lipinski definition) is 6. The van der Waals surface area contributed by atoms with Gasteiger partial charge >= 0.3 is 0 Å². The molecule has 0 bridgehead atoms. The van der Waals surface area contributed by atoms with Gasteiger partial charge < -0.3 is 24.2 Å². The third-order valence-corrected chi connectivity index (χ3v) is 6.75. The van der Waals surface area contributed by atoms with Crippen LogP contribution in [-0.4, -0.2) is 79.0 Å². The average Bonchev–Trinajstić information content (AvgIpc) is 3.18. The van der Waals surface area contributed by atoms with Crippen LogP contribution < -0.4 is 9.47 Å². The molecule has 2 aliphatic heterocycles. The topological polar surface area (TPSA) is 71.5 Å². The third-order valence-electron chi connectivity index (χ3n) is 6.75. The Labute approximate surface area is 214 Å². The van der Waals surface area contributed by atoms with Crippen molar-refractivity contribution in [1.82, 2.24) is 9.80 Å². The first kappa shape index (κ1) is 26.5. The van der Waals surface area contributed by atoms with Gasteiger partial charge in [-0.05, 0) is 61.6 Å². The van der Waals surface area contributed by atoms with Crippen LogP contribution in [0.25, 0.3) is 0 Å². The van der Waals surface area contributed by atoms with Crippen molar-refractivity contribution in [1.29, 1.82) is 0 Å². The Kier molecular flexibility index (Phi) is 9.61. The number of β-amino-alcohol motifs (C(OH)–C–C–N with tert-alkyl or cyclic N) is 1. The number of nitrogens with zero attached hydrogens (tertiary/aromatic N) is 2. The summed E-state index contributed by atoms with van der Waals surface area (Å²) in [6.45, 7) is 7.12. The molecular weight excluding hydrogens is 456 g/mol. The number of aryl methyl sites for hydroxylation is 1. The van der Waals surface area contributed by atoms with Crippen LogP contribution in [0.5, 0.6) is 11.5 Å². The van der Waals surface area contributed by atoms with Crippen LogP contribution in [0.4, 0.5) is 0 Å². The molecule has 2 aromatic carbocycles. The van der Waals surface area contributed by atoms with E-state index in [9.17, 15) is 9.90 Å². The van der Waals surface area contributed by atoms with Crippen molar-refractivity contribution in [2.75, 3.05) is 52.6 Å². The molecule has 2 aromatic rings. The van der Waals surface area contributed by atoms with Gasteiger partial charge in [-0.1, -0.05) is 30.7 Å².